The number of para-hydroxylation sites is 2. The molecular weight excluding hydrogens is 928 g/mol. The van der Waals surface area contributed by atoms with Gasteiger partial charge >= 0.3 is 6.18 Å². The van der Waals surface area contributed by atoms with E-state index < -0.39 is 19.8 Å². The molecule has 0 saturated carbocycles. The van der Waals surface area contributed by atoms with Gasteiger partial charge in [-0.3, -0.25) is 0 Å². The van der Waals surface area contributed by atoms with Crippen molar-refractivity contribution in [2.24, 2.45) is 0 Å². The van der Waals surface area contributed by atoms with E-state index in [1.165, 1.54) is 50.0 Å². The zero-order chi connectivity index (χ0) is 49.0. The molecule has 8 aromatic carbocycles. The first-order chi connectivity index (χ1) is 35.0. The summed E-state index contributed by atoms with van der Waals surface area (Å²) in [4.78, 5) is 0. The molecule has 0 N–H and O–H groups in total. The van der Waals surface area contributed by atoms with Crippen LogP contribution in [0.15, 0.2) is 213 Å². The zero-order valence-corrected chi connectivity index (χ0v) is 42.0. The van der Waals surface area contributed by atoms with Crippen molar-refractivity contribution >= 4 is 55.8 Å². The SMILES string of the molecule is C=CCC1C(C2c3ccc4c(sc5ccc(-c6ccc(C(F)(F)F)cc6)cc54)c3-c3n(-c4cc(-c5ccccc5)ccc4-c4ccccc4)c4ccccc4[n+]32)c2ccccc2-c2ccc([Si](C)(C)C)c[n+]21. The average Bonchev–Trinajstić information content (AvgIpc) is 4.06. The fourth-order valence-electron chi connectivity index (χ4n) is 11.9. The molecule has 72 heavy (non-hydrogen) atoms. The first-order valence-electron chi connectivity index (χ1n) is 24.7. The summed E-state index contributed by atoms with van der Waals surface area (Å²) in [5.41, 5.74) is 15.2. The van der Waals surface area contributed by atoms with E-state index in [4.69, 9.17) is 0 Å². The second-order valence-electron chi connectivity index (χ2n) is 20.4. The average molecular weight is 978 g/mol. The third-order valence-corrected chi connectivity index (χ3v) is 18.5. The second-order valence-corrected chi connectivity index (χ2v) is 26.5. The van der Waals surface area contributed by atoms with Crippen LogP contribution in [-0.2, 0) is 6.18 Å². The monoisotopic (exact) mass is 977 g/mol. The highest BCUT2D eigenvalue weighted by atomic mass is 32.1. The van der Waals surface area contributed by atoms with Crippen molar-refractivity contribution in [3.05, 3.63) is 230 Å². The second kappa shape index (κ2) is 16.7. The van der Waals surface area contributed by atoms with Gasteiger partial charge in [0.15, 0.2) is 23.3 Å². The molecule has 2 aliphatic rings. The molecule has 0 amide bonds. The number of imidazole rings is 1. The molecule has 0 saturated heterocycles. The number of halogens is 3. The number of pyridine rings is 1. The highest BCUT2D eigenvalue weighted by Crippen LogP contribution is 2.55. The van der Waals surface area contributed by atoms with E-state index in [1.54, 1.807) is 23.5 Å². The van der Waals surface area contributed by atoms with Gasteiger partial charge in [-0.15, -0.1) is 17.9 Å². The summed E-state index contributed by atoms with van der Waals surface area (Å²) in [6.07, 6.45) is 0.951. The van der Waals surface area contributed by atoms with Gasteiger partial charge in [-0.1, -0.05) is 159 Å². The molecule has 0 fully saturated rings. The van der Waals surface area contributed by atoms with Gasteiger partial charge < -0.3 is 0 Å². The first-order valence-corrected chi connectivity index (χ1v) is 29.0. The van der Waals surface area contributed by atoms with Gasteiger partial charge in [0.25, 0.3) is 5.82 Å². The van der Waals surface area contributed by atoms with Crippen molar-refractivity contribution in [3.8, 4) is 61.7 Å². The maximum atomic E-state index is 13.7. The Morgan fingerprint density at radius 2 is 1.29 bits per heavy atom. The molecule has 0 bridgehead atoms. The van der Waals surface area contributed by atoms with Crippen molar-refractivity contribution in [1.29, 1.82) is 0 Å². The summed E-state index contributed by atoms with van der Waals surface area (Å²) >= 11 is 1.80. The van der Waals surface area contributed by atoms with Crippen LogP contribution in [0.25, 0.3) is 92.9 Å². The van der Waals surface area contributed by atoms with Gasteiger partial charge in [-0.2, -0.15) is 22.3 Å². The minimum atomic E-state index is -4.40. The summed E-state index contributed by atoms with van der Waals surface area (Å²) in [6, 6.07) is 67.5. The van der Waals surface area contributed by atoms with Crippen molar-refractivity contribution in [1.82, 2.24) is 4.57 Å². The molecular formula is C64H50F3N3SSi+2. The lowest BCUT2D eigenvalue weighted by Crippen LogP contribution is -2.55. The van der Waals surface area contributed by atoms with Crippen LogP contribution in [0.4, 0.5) is 13.2 Å². The molecule has 350 valence electrons. The lowest BCUT2D eigenvalue weighted by atomic mass is 9.75. The van der Waals surface area contributed by atoms with Crippen molar-refractivity contribution < 1.29 is 22.3 Å². The van der Waals surface area contributed by atoms with Crippen molar-refractivity contribution in [2.75, 3.05) is 0 Å². The van der Waals surface area contributed by atoms with Gasteiger partial charge in [0.2, 0.25) is 5.69 Å². The van der Waals surface area contributed by atoms with Gasteiger partial charge in [-0.05, 0) is 88.0 Å². The van der Waals surface area contributed by atoms with E-state index in [-0.39, 0.29) is 18.0 Å². The third-order valence-electron chi connectivity index (χ3n) is 15.2. The molecule has 0 spiro atoms. The van der Waals surface area contributed by atoms with E-state index in [0.29, 0.717) is 0 Å². The van der Waals surface area contributed by atoms with Crippen LogP contribution >= 0.6 is 11.3 Å². The van der Waals surface area contributed by atoms with Gasteiger partial charge in [0, 0.05) is 44.3 Å². The summed E-state index contributed by atoms with van der Waals surface area (Å²) in [7, 11) is -1.72. The number of fused-ring (bicyclic) bond motifs is 12. The van der Waals surface area contributed by atoms with Crippen LogP contribution in [0, 0.1) is 0 Å². The number of hydrogen-bond acceptors (Lipinski definition) is 1. The molecule has 3 atom stereocenters. The predicted octanol–water partition coefficient (Wildman–Crippen LogP) is 16.3. The Morgan fingerprint density at radius 3 is 2.04 bits per heavy atom. The Morgan fingerprint density at radius 1 is 0.625 bits per heavy atom. The fraction of sp³-hybridized carbons (Fsp3) is 0.125. The smallest absolute Gasteiger partial charge is 0.214 e. The lowest BCUT2D eigenvalue weighted by Gasteiger charge is -2.34. The molecule has 2 aliphatic heterocycles. The fourth-order valence-corrected chi connectivity index (χ4v) is 14.2. The quantitative estimate of drug-likeness (QED) is 0.0818. The van der Waals surface area contributed by atoms with Crippen LogP contribution in [0.5, 0.6) is 0 Å². The number of thiophene rings is 1. The number of allylic oxidation sites excluding steroid dienone is 1. The molecule has 0 radical (unpaired) electrons. The topological polar surface area (TPSA) is 12.7 Å². The molecule has 0 aliphatic carbocycles. The van der Waals surface area contributed by atoms with E-state index in [2.05, 4.69) is 216 Å². The van der Waals surface area contributed by atoms with E-state index >= 15 is 0 Å². The molecule has 5 heterocycles. The van der Waals surface area contributed by atoms with Crippen LogP contribution in [-0.4, -0.2) is 12.6 Å². The number of benzene rings is 8. The summed E-state index contributed by atoms with van der Waals surface area (Å²) < 4.78 is 51.2. The van der Waals surface area contributed by atoms with Crippen LogP contribution in [0.2, 0.25) is 19.6 Å². The van der Waals surface area contributed by atoms with Gasteiger partial charge in [0.05, 0.1) is 35.4 Å². The number of hydrogen-bond donors (Lipinski definition) is 0. The van der Waals surface area contributed by atoms with Gasteiger partial charge in [-0.25, -0.2) is 4.57 Å². The largest absolute Gasteiger partial charge is 0.416 e. The van der Waals surface area contributed by atoms with E-state index in [1.807, 2.05) is 6.07 Å². The first kappa shape index (κ1) is 44.3. The lowest BCUT2D eigenvalue weighted by molar-refractivity contribution is -0.738. The van der Waals surface area contributed by atoms with E-state index in [9.17, 15) is 13.2 Å². The summed E-state index contributed by atoms with van der Waals surface area (Å²) in [5.74, 6) is 1.13. The number of rotatable bonds is 8. The van der Waals surface area contributed by atoms with Crippen LogP contribution in [0.3, 0.4) is 0 Å². The number of nitrogens with zero attached hydrogens (tertiary/aromatic N) is 3. The number of alkyl halides is 3. The van der Waals surface area contributed by atoms with Crippen molar-refractivity contribution in [2.45, 2.75) is 50.2 Å². The molecule has 11 aromatic rings. The van der Waals surface area contributed by atoms with Crippen LogP contribution < -0.4 is 14.3 Å². The molecule has 8 heteroatoms. The maximum absolute atomic E-state index is 13.7. The summed E-state index contributed by atoms with van der Waals surface area (Å²) in [6.45, 7) is 11.7. The van der Waals surface area contributed by atoms with Crippen LogP contribution in [0.1, 0.15) is 41.1 Å². The normalized spacial score (nSPS) is 16.2. The minimum Gasteiger partial charge on any atom is -0.214 e. The Kier molecular flexibility index (Phi) is 10.3. The minimum absolute atomic E-state index is 0.000175. The molecule has 3 nitrogen and oxygen atoms in total. The zero-order valence-electron chi connectivity index (χ0n) is 40.2. The summed E-state index contributed by atoms with van der Waals surface area (Å²) in [5, 5.41) is 3.63. The van der Waals surface area contributed by atoms with E-state index in [0.717, 1.165) is 77.8 Å². The highest BCUT2D eigenvalue weighted by Gasteiger charge is 2.54. The Bertz CT molecular complexity index is 3960. The maximum Gasteiger partial charge on any atom is 0.416 e. The Balaban J connectivity index is 1.14. The molecule has 3 aromatic heterocycles. The predicted molar refractivity (Wildman–Crippen MR) is 293 cm³/mol. The Hall–Kier alpha value is -7.65. The Labute approximate surface area is 422 Å². The molecule has 13 rings (SSSR count). The number of aromatic nitrogens is 3. The third kappa shape index (κ3) is 6.98. The molecule has 3 unspecified atom stereocenters. The van der Waals surface area contributed by atoms with Gasteiger partial charge in [0.1, 0.15) is 11.7 Å². The standard InChI is InChI=1S/C64H50F3N3SSi/c1-5-16-56-59(49-22-13-12-21-48(49)53-35-31-46(39-68(53)56)72(2,3)4)61-51-34-33-50-52-37-43(41-25-29-45(30-26-41)64(65,66)67)28-36-58(52)71-62(50)60(51)63-69(54-23-14-15-24-55(54)70(61)63)57-38-44(40-17-8-6-9-18-40)27-32-47(57)42-19-10-7-11-20-42/h5-15,17-39,56,59,61H,1,16H2,2-4H3/q+2. The highest BCUT2D eigenvalue weighted by molar-refractivity contribution is 7.26. The van der Waals surface area contributed by atoms with Crippen molar-refractivity contribution in [3.63, 3.8) is 0 Å².